The molecule has 0 radical (unpaired) electrons. The molecule has 1 unspecified atom stereocenters. The number of thiazole rings is 1. The Morgan fingerprint density at radius 3 is 3.00 bits per heavy atom. The van der Waals surface area contributed by atoms with Crippen molar-refractivity contribution in [1.82, 2.24) is 4.98 Å². The summed E-state index contributed by atoms with van der Waals surface area (Å²) in [5, 5.41) is 3.30. The summed E-state index contributed by atoms with van der Waals surface area (Å²) < 4.78 is 0. The average Bonchev–Trinajstić information content (AvgIpc) is 2.61. The Bertz CT molecular complexity index is 331. The highest BCUT2D eigenvalue weighted by Crippen LogP contribution is 2.24. The Morgan fingerprint density at radius 2 is 2.40 bits per heavy atom. The molecular formula is C9H16N4S2. The van der Waals surface area contributed by atoms with Gasteiger partial charge in [-0.15, -0.1) is 11.3 Å². The smallest absolute Gasteiger partial charge is 0.212 e. The SMILES string of the molecule is CCC(C)SCc1csc(N=C(N)N)n1. The van der Waals surface area contributed by atoms with Crippen LogP contribution >= 0.6 is 23.1 Å². The molecule has 0 spiro atoms. The van der Waals surface area contributed by atoms with Crippen LogP contribution in [0.3, 0.4) is 0 Å². The fourth-order valence-corrected chi connectivity index (χ4v) is 2.52. The molecular weight excluding hydrogens is 228 g/mol. The normalized spacial score (nSPS) is 12.4. The van der Waals surface area contributed by atoms with Crippen molar-refractivity contribution in [2.24, 2.45) is 16.5 Å². The predicted octanol–water partition coefficient (Wildman–Crippen LogP) is 2.08. The molecule has 1 atom stereocenters. The lowest BCUT2D eigenvalue weighted by Gasteiger charge is -2.05. The summed E-state index contributed by atoms with van der Waals surface area (Å²) in [4.78, 5) is 8.20. The zero-order valence-electron chi connectivity index (χ0n) is 8.93. The Kier molecular flexibility index (Phi) is 4.90. The van der Waals surface area contributed by atoms with E-state index in [9.17, 15) is 0 Å². The van der Waals surface area contributed by atoms with Gasteiger partial charge in [-0.1, -0.05) is 13.8 Å². The van der Waals surface area contributed by atoms with Gasteiger partial charge in [-0.3, -0.25) is 0 Å². The highest BCUT2D eigenvalue weighted by Gasteiger charge is 2.04. The van der Waals surface area contributed by atoms with Gasteiger partial charge in [0.1, 0.15) is 0 Å². The Labute approximate surface area is 98.2 Å². The lowest BCUT2D eigenvalue weighted by Crippen LogP contribution is -2.21. The van der Waals surface area contributed by atoms with Crippen molar-refractivity contribution >= 4 is 34.2 Å². The summed E-state index contributed by atoms with van der Waals surface area (Å²) in [5.74, 6) is 0.983. The highest BCUT2D eigenvalue weighted by molar-refractivity contribution is 7.99. The molecule has 0 aliphatic rings. The molecule has 1 aromatic rings. The Morgan fingerprint density at radius 1 is 1.67 bits per heavy atom. The van der Waals surface area contributed by atoms with Gasteiger partial charge in [-0.05, 0) is 6.42 Å². The third kappa shape index (κ3) is 4.53. The van der Waals surface area contributed by atoms with Gasteiger partial charge < -0.3 is 11.5 Å². The summed E-state index contributed by atoms with van der Waals surface area (Å²) in [5.41, 5.74) is 11.6. The summed E-state index contributed by atoms with van der Waals surface area (Å²) >= 11 is 3.36. The first-order valence-electron chi connectivity index (χ1n) is 4.77. The fourth-order valence-electron chi connectivity index (χ4n) is 0.870. The van der Waals surface area contributed by atoms with E-state index < -0.39 is 0 Å². The number of aromatic nitrogens is 1. The lowest BCUT2D eigenvalue weighted by molar-refractivity contribution is 0.904. The van der Waals surface area contributed by atoms with Gasteiger partial charge in [0.25, 0.3) is 0 Å². The molecule has 6 heteroatoms. The van der Waals surface area contributed by atoms with E-state index in [2.05, 4.69) is 23.8 Å². The van der Waals surface area contributed by atoms with Crippen LogP contribution in [0.2, 0.25) is 0 Å². The average molecular weight is 244 g/mol. The summed E-state index contributed by atoms with van der Waals surface area (Å²) in [7, 11) is 0. The number of hydrogen-bond acceptors (Lipinski definition) is 4. The second-order valence-corrected chi connectivity index (χ2v) is 5.45. The second-order valence-electron chi connectivity index (χ2n) is 3.19. The Hall–Kier alpha value is -0.750. The lowest BCUT2D eigenvalue weighted by atomic mass is 10.4. The van der Waals surface area contributed by atoms with Gasteiger partial charge in [0.05, 0.1) is 5.69 Å². The van der Waals surface area contributed by atoms with Gasteiger partial charge in [0.15, 0.2) is 5.96 Å². The van der Waals surface area contributed by atoms with Crippen molar-refractivity contribution in [2.75, 3.05) is 0 Å². The maximum absolute atomic E-state index is 5.27. The highest BCUT2D eigenvalue weighted by atomic mass is 32.2. The maximum atomic E-state index is 5.27. The number of rotatable bonds is 5. The zero-order valence-corrected chi connectivity index (χ0v) is 10.6. The van der Waals surface area contributed by atoms with Crippen LogP contribution in [0, 0.1) is 0 Å². The molecule has 0 fully saturated rings. The molecule has 0 saturated carbocycles. The van der Waals surface area contributed by atoms with E-state index >= 15 is 0 Å². The van der Waals surface area contributed by atoms with Crippen LogP contribution in [0.5, 0.6) is 0 Å². The quantitative estimate of drug-likeness (QED) is 0.614. The number of thioether (sulfide) groups is 1. The first-order chi connectivity index (χ1) is 7.11. The van der Waals surface area contributed by atoms with Crippen molar-refractivity contribution in [2.45, 2.75) is 31.3 Å². The van der Waals surface area contributed by atoms with E-state index in [0.717, 1.165) is 11.4 Å². The topological polar surface area (TPSA) is 77.3 Å². The van der Waals surface area contributed by atoms with Gasteiger partial charge >= 0.3 is 0 Å². The van der Waals surface area contributed by atoms with Crippen molar-refractivity contribution in [1.29, 1.82) is 0 Å². The van der Waals surface area contributed by atoms with Crippen LogP contribution in [0.25, 0.3) is 0 Å². The van der Waals surface area contributed by atoms with E-state index in [0.29, 0.717) is 10.4 Å². The second kappa shape index (κ2) is 5.97. The van der Waals surface area contributed by atoms with E-state index in [4.69, 9.17) is 11.5 Å². The van der Waals surface area contributed by atoms with E-state index in [1.54, 1.807) is 0 Å². The fraction of sp³-hybridized carbons (Fsp3) is 0.556. The van der Waals surface area contributed by atoms with E-state index in [1.807, 2.05) is 17.1 Å². The van der Waals surface area contributed by atoms with Crippen molar-refractivity contribution in [3.05, 3.63) is 11.1 Å². The summed E-state index contributed by atoms with van der Waals surface area (Å²) in [6, 6.07) is 0. The number of guanidine groups is 1. The third-order valence-electron chi connectivity index (χ3n) is 1.86. The zero-order chi connectivity index (χ0) is 11.3. The molecule has 84 valence electrons. The minimum atomic E-state index is 0.0606. The van der Waals surface area contributed by atoms with Crippen molar-refractivity contribution < 1.29 is 0 Å². The number of aliphatic imine (C=N–C) groups is 1. The standard InChI is InChI=1S/C9H16N4S2/c1-3-6(2)14-4-7-5-15-9(12-7)13-8(10)11/h5-6H,3-4H2,1-2H3,(H4,10,11,12,13). The first-order valence-corrected chi connectivity index (χ1v) is 6.70. The molecule has 0 amide bonds. The predicted molar refractivity (Wildman–Crippen MR) is 68.6 cm³/mol. The van der Waals surface area contributed by atoms with Gasteiger partial charge in [0.2, 0.25) is 5.13 Å². The van der Waals surface area contributed by atoms with Crippen LogP contribution in [0.15, 0.2) is 10.4 Å². The van der Waals surface area contributed by atoms with Gasteiger partial charge in [-0.2, -0.15) is 16.8 Å². The molecule has 0 aromatic carbocycles. The molecule has 0 bridgehead atoms. The van der Waals surface area contributed by atoms with Crippen molar-refractivity contribution in [3.8, 4) is 0 Å². The van der Waals surface area contributed by atoms with E-state index in [1.165, 1.54) is 17.8 Å². The molecule has 1 heterocycles. The molecule has 0 saturated heterocycles. The number of hydrogen-bond donors (Lipinski definition) is 2. The van der Waals surface area contributed by atoms with E-state index in [-0.39, 0.29) is 5.96 Å². The molecule has 4 nitrogen and oxygen atoms in total. The van der Waals surface area contributed by atoms with Crippen LogP contribution in [0.1, 0.15) is 26.0 Å². The largest absolute Gasteiger partial charge is 0.370 e. The van der Waals surface area contributed by atoms with Crippen LogP contribution in [-0.2, 0) is 5.75 Å². The number of nitrogens with zero attached hydrogens (tertiary/aromatic N) is 2. The van der Waals surface area contributed by atoms with Crippen molar-refractivity contribution in [3.63, 3.8) is 0 Å². The minimum absolute atomic E-state index is 0.0606. The molecule has 4 N–H and O–H groups in total. The summed E-state index contributed by atoms with van der Waals surface area (Å²) in [6.07, 6.45) is 1.18. The molecule has 1 rings (SSSR count). The Balaban J connectivity index is 2.50. The molecule has 1 aromatic heterocycles. The first kappa shape index (κ1) is 12.3. The van der Waals surface area contributed by atoms with Crippen LogP contribution in [-0.4, -0.2) is 16.2 Å². The molecule has 0 aliphatic heterocycles. The number of nitrogens with two attached hydrogens (primary N) is 2. The van der Waals surface area contributed by atoms with Gasteiger partial charge in [0, 0.05) is 16.4 Å². The van der Waals surface area contributed by atoms with Crippen LogP contribution < -0.4 is 11.5 Å². The van der Waals surface area contributed by atoms with Gasteiger partial charge in [-0.25, -0.2) is 4.98 Å². The maximum Gasteiger partial charge on any atom is 0.212 e. The summed E-state index contributed by atoms with van der Waals surface area (Å²) in [6.45, 7) is 4.40. The molecule has 15 heavy (non-hydrogen) atoms. The monoisotopic (exact) mass is 244 g/mol. The minimum Gasteiger partial charge on any atom is -0.370 e. The third-order valence-corrected chi connectivity index (χ3v) is 4.00. The van der Waals surface area contributed by atoms with Crippen LogP contribution in [0.4, 0.5) is 5.13 Å². The molecule has 0 aliphatic carbocycles.